The lowest BCUT2D eigenvalue weighted by Crippen LogP contribution is -2.27. The summed E-state index contributed by atoms with van der Waals surface area (Å²) in [6, 6.07) is 26.9. The Morgan fingerprint density at radius 2 is 1.61 bits per heavy atom. The fraction of sp³-hybridized carbons (Fsp3) is 0.206. The second-order valence-corrected chi connectivity index (χ2v) is 10.6. The van der Waals surface area contributed by atoms with E-state index < -0.39 is 11.9 Å². The number of nitrogens with zero attached hydrogens (tertiary/aromatic N) is 1. The molecule has 1 unspecified atom stereocenters. The minimum absolute atomic E-state index is 0.0612. The molecule has 1 atom stereocenters. The first-order valence-corrected chi connectivity index (χ1v) is 13.6. The van der Waals surface area contributed by atoms with E-state index in [2.05, 4.69) is 19.2 Å². The van der Waals surface area contributed by atoms with Gasteiger partial charge in [0.25, 0.3) is 5.91 Å². The van der Waals surface area contributed by atoms with Crippen molar-refractivity contribution in [2.24, 2.45) is 5.92 Å². The third kappa shape index (κ3) is 6.30. The van der Waals surface area contributed by atoms with Gasteiger partial charge in [-0.25, -0.2) is 0 Å². The lowest BCUT2D eigenvalue weighted by Gasteiger charge is -2.19. The number of carbonyl (C=O) groups is 3. The number of rotatable bonds is 7. The highest BCUT2D eigenvalue weighted by Gasteiger charge is 2.36. The van der Waals surface area contributed by atoms with E-state index in [1.54, 1.807) is 41.3 Å². The zero-order valence-corrected chi connectivity index (χ0v) is 23.3. The van der Waals surface area contributed by atoms with Gasteiger partial charge in [-0.1, -0.05) is 56.3 Å². The summed E-state index contributed by atoms with van der Waals surface area (Å²) in [7, 11) is 0. The third-order valence-electron chi connectivity index (χ3n) is 7.33. The van der Waals surface area contributed by atoms with Crippen molar-refractivity contribution >= 4 is 29.2 Å². The molecule has 0 spiro atoms. The number of amides is 2. The smallest absolute Gasteiger partial charge is 0.316 e. The van der Waals surface area contributed by atoms with Crippen molar-refractivity contribution in [2.75, 3.05) is 16.8 Å². The number of nitrogens with one attached hydrogen (secondary N) is 1. The summed E-state index contributed by atoms with van der Waals surface area (Å²) in [5, 5.41) is 12.5. The maximum absolute atomic E-state index is 13.1. The van der Waals surface area contributed by atoms with Crippen molar-refractivity contribution in [1.82, 2.24) is 0 Å². The monoisotopic (exact) mass is 548 g/mol. The Kier molecular flexibility index (Phi) is 7.88. The van der Waals surface area contributed by atoms with Crippen LogP contribution in [0.2, 0.25) is 0 Å². The predicted molar refractivity (Wildman–Crippen MR) is 159 cm³/mol. The molecule has 1 aliphatic heterocycles. The van der Waals surface area contributed by atoms with Crippen molar-refractivity contribution < 1.29 is 24.2 Å². The molecule has 2 N–H and O–H groups in total. The Hall–Kier alpha value is -4.91. The molecule has 0 aliphatic carbocycles. The van der Waals surface area contributed by atoms with Crippen LogP contribution in [-0.4, -0.2) is 29.4 Å². The first-order chi connectivity index (χ1) is 19.7. The van der Waals surface area contributed by atoms with Crippen molar-refractivity contribution in [3.63, 3.8) is 0 Å². The van der Waals surface area contributed by atoms with Crippen molar-refractivity contribution in [2.45, 2.75) is 33.1 Å². The molecule has 4 aromatic carbocycles. The number of aromatic hydroxyl groups is 1. The van der Waals surface area contributed by atoms with Gasteiger partial charge in [-0.05, 0) is 83.6 Å². The van der Waals surface area contributed by atoms with E-state index in [0.717, 1.165) is 22.3 Å². The first kappa shape index (κ1) is 27.6. The largest absolute Gasteiger partial charge is 0.508 e. The van der Waals surface area contributed by atoms with Crippen molar-refractivity contribution in [3.8, 4) is 22.6 Å². The molecule has 1 heterocycles. The van der Waals surface area contributed by atoms with Gasteiger partial charge in [-0.15, -0.1) is 0 Å². The average molecular weight is 549 g/mol. The number of phenolic OH excluding ortho intramolecular Hbond substituents is 1. The van der Waals surface area contributed by atoms with Gasteiger partial charge in [-0.2, -0.15) is 0 Å². The van der Waals surface area contributed by atoms with Crippen LogP contribution in [0.4, 0.5) is 11.4 Å². The summed E-state index contributed by atoms with van der Waals surface area (Å²) in [5.74, 6) is -0.494. The SMILES string of the molecule is Cc1ccc(N2CC(C(=O)Oc3cccc(C(C)C)c3)CC2=O)cc1NC(=O)c1ccc(-c2ccc(O)cc2)cc1. The van der Waals surface area contributed by atoms with Crippen molar-refractivity contribution in [3.05, 3.63) is 108 Å². The second-order valence-electron chi connectivity index (χ2n) is 10.6. The lowest BCUT2D eigenvalue weighted by molar-refractivity contribution is -0.139. The molecule has 208 valence electrons. The highest BCUT2D eigenvalue weighted by atomic mass is 16.5. The van der Waals surface area contributed by atoms with Crippen LogP contribution in [0.15, 0.2) is 91.0 Å². The van der Waals surface area contributed by atoms with E-state index >= 15 is 0 Å². The number of hydrogen-bond acceptors (Lipinski definition) is 5. The minimum Gasteiger partial charge on any atom is -0.508 e. The van der Waals surface area contributed by atoms with Gasteiger partial charge in [0.2, 0.25) is 5.91 Å². The Labute approximate surface area is 239 Å². The summed E-state index contributed by atoms with van der Waals surface area (Å²) in [6.45, 7) is 6.23. The number of esters is 1. The highest BCUT2D eigenvalue weighted by molar-refractivity contribution is 6.06. The van der Waals surface area contributed by atoms with Gasteiger partial charge >= 0.3 is 5.97 Å². The normalized spacial score (nSPS) is 14.8. The highest BCUT2D eigenvalue weighted by Crippen LogP contribution is 2.31. The molecule has 5 rings (SSSR count). The number of hydrogen-bond donors (Lipinski definition) is 2. The molecule has 2 amide bonds. The maximum Gasteiger partial charge on any atom is 0.316 e. The Morgan fingerprint density at radius 1 is 0.927 bits per heavy atom. The molecule has 1 fully saturated rings. The fourth-order valence-electron chi connectivity index (χ4n) is 4.83. The van der Waals surface area contributed by atoms with Crippen LogP contribution in [0.3, 0.4) is 0 Å². The number of ether oxygens (including phenoxy) is 1. The quantitative estimate of drug-likeness (QED) is 0.198. The van der Waals surface area contributed by atoms with Gasteiger partial charge in [0, 0.05) is 29.9 Å². The molecule has 7 nitrogen and oxygen atoms in total. The Balaban J connectivity index is 1.26. The number of anilines is 2. The van der Waals surface area contributed by atoms with Crippen LogP contribution in [0.1, 0.15) is 47.7 Å². The minimum atomic E-state index is -0.586. The van der Waals surface area contributed by atoms with Crippen LogP contribution in [0.5, 0.6) is 11.5 Å². The van der Waals surface area contributed by atoms with E-state index in [0.29, 0.717) is 28.6 Å². The molecule has 0 bridgehead atoms. The molecular formula is C34H32N2O5. The van der Waals surface area contributed by atoms with Crippen molar-refractivity contribution in [1.29, 1.82) is 0 Å². The fourth-order valence-corrected chi connectivity index (χ4v) is 4.83. The Morgan fingerprint density at radius 3 is 2.29 bits per heavy atom. The van der Waals surface area contributed by atoms with Crippen LogP contribution in [-0.2, 0) is 9.59 Å². The predicted octanol–water partition coefficient (Wildman–Crippen LogP) is 6.70. The van der Waals surface area contributed by atoms with Crippen LogP contribution >= 0.6 is 0 Å². The second kappa shape index (κ2) is 11.7. The van der Waals surface area contributed by atoms with Gasteiger partial charge in [0.15, 0.2) is 0 Å². The number of phenols is 1. The van der Waals surface area contributed by atoms with Gasteiger partial charge in [0.1, 0.15) is 11.5 Å². The number of carbonyl (C=O) groups excluding carboxylic acids is 3. The molecular weight excluding hydrogens is 516 g/mol. The van der Waals surface area contributed by atoms with Crippen LogP contribution in [0, 0.1) is 12.8 Å². The molecule has 0 aromatic heterocycles. The molecule has 1 saturated heterocycles. The summed E-state index contributed by atoms with van der Waals surface area (Å²) >= 11 is 0. The standard InChI is InChI=1S/C34H32N2O5/c1-21(2)26-5-4-6-30(17-26)41-34(40)27-18-32(38)36(20-27)28-14-7-22(3)31(19-28)35-33(39)25-10-8-23(9-11-25)24-12-15-29(37)16-13-24/h4-17,19,21,27,37H,18,20H2,1-3H3,(H,35,39). The first-order valence-electron chi connectivity index (χ1n) is 13.6. The van der Waals surface area contributed by atoms with Gasteiger partial charge in [-0.3, -0.25) is 14.4 Å². The summed E-state index contributed by atoms with van der Waals surface area (Å²) in [4.78, 5) is 40.4. The van der Waals surface area contributed by atoms with E-state index in [9.17, 15) is 19.5 Å². The van der Waals surface area contributed by atoms with Gasteiger partial charge < -0.3 is 20.1 Å². The van der Waals surface area contributed by atoms with Crippen LogP contribution in [0.25, 0.3) is 11.1 Å². The molecule has 1 aliphatic rings. The van der Waals surface area contributed by atoms with E-state index in [1.165, 1.54) is 0 Å². The van der Waals surface area contributed by atoms with E-state index in [4.69, 9.17) is 4.74 Å². The molecule has 0 saturated carbocycles. The zero-order valence-electron chi connectivity index (χ0n) is 23.3. The molecule has 41 heavy (non-hydrogen) atoms. The zero-order chi connectivity index (χ0) is 29.1. The number of aryl methyl sites for hydroxylation is 1. The molecule has 7 heteroatoms. The van der Waals surface area contributed by atoms with Crippen LogP contribution < -0.4 is 15.0 Å². The summed E-state index contributed by atoms with van der Waals surface area (Å²) in [6.07, 6.45) is 0.0612. The third-order valence-corrected chi connectivity index (χ3v) is 7.33. The summed E-state index contributed by atoms with van der Waals surface area (Å²) < 4.78 is 5.62. The summed E-state index contributed by atoms with van der Waals surface area (Å²) in [5.41, 5.74) is 5.44. The number of benzene rings is 4. The Bertz CT molecular complexity index is 1590. The molecule has 4 aromatic rings. The average Bonchev–Trinajstić information content (AvgIpc) is 3.36. The maximum atomic E-state index is 13.1. The van der Waals surface area contributed by atoms with Gasteiger partial charge in [0.05, 0.1) is 5.92 Å². The lowest BCUT2D eigenvalue weighted by atomic mass is 10.0. The van der Waals surface area contributed by atoms with E-state index in [-0.39, 0.29) is 30.5 Å². The van der Waals surface area contributed by atoms with E-state index in [1.807, 2.05) is 61.5 Å². The topological polar surface area (TPSA) is 95.9 Å². The molecule has 0 radical (unpaired) electrons.